The summed E-state index contributed by atoms with van der Waals surface area (Å²) >= 11 is 0. The van der Waals surface area contributed by atoms with Gasteiger partial charge in [-0.15, -0.1) is 0 Å². The van der Waals surface area contributed by atoms with Crippen LogP contribution in [0.4, 0.5) is 0 Å². The molecule has 11 rings (SSSR count). The van der Waals surface area contributed by atoms with Crippen molar-refractivity contribution in [3.63, 3.8) is 0 Å². The number of para-hydroxylation sites is 1. The van der Waals surface area contributed by atoms with Gasteiger partial charge in [-0.2, -0.15) is 5.26 Å². The van der Waals surface area contributed by atoms with Crippen LogP contribution in [-0.4, -0.2) is 15.0 Å². The van der Waals surface area contributed by atoms with Gasteiger partial charge in [0, 0.05) is 38.3 Å². The molecule has 2 aromatic heterocycles. The average Bonchev–Trinajstić information content (AvgIpc) is 3.80. The molecule has 0 atom stereocenters. The van der Waals surface area contributed by atoms with Crippen molar-refractivity contribution in [1.82, 2.24) is 15.0 Å². The van der Waals surface area contributed by atoms with Crippen LogP contribution in [0.2, 0.25) is 0 Å². The van der Waals surface area contributed by atoms with Crippen LogP contribution in [0.3, 0.4) is 0 Å². The van der Waals surface area contributed by atoms with E-state index in [9.17, 15) is 5.26 Å². The van der Waals surface area contributed by atoms with Crippen LogP contribution in [0.5, 0.6) is 0 Å². The van der Waals surface area contributed by atoms with E-state index in [1.54, 1.807) is 0 Å². The van der Waals surface area contributed by atoms with Gasteiger partial charge in [-0.05, 0) is 99.8 Å². The highest BCUT2D eigenvalue weighted by molar-refractivity contribution is 6.05. The quantitative estimate of drug-likeness (QED) is 0.184. The van der Waals surface area contributed by atoms with E-state index in [2.05, 4.69) is 111 Å². The molecule has 0 aliphatic heterocycles. The molecular formula is C49H36N4O. The fraction of sp³-hybridized carbons (Fsp3) is 0.184. The molecule has 0 unspecified atom stereocenters. The fourth-order valence-electron chi connectivity index (χ4n) is 9.86. The summed E-state index contributed by atoms with van der Waals surface area (Å²) in [5, 5.41) is 11.8. The van der Waals surface area contributed by atoms with Crippen LogP contribution in [0, 0.1) is 11.3 Å². The van der Waals surface area contributed by atoms with Gasteiger partial charge in [-0.1, -0.05) is 112 Å². The van der Waals surface area contributed by atoms with E-state index in [1.165, 1.54) is 63.8 Å². The molecule has 2 heterocycles. The molecule has 1 saturated carbocycles. The zero-order valence-electron chi connectivity index (χ0n) is 30.3. The summed E-state index contributed by atoms with van der Waals surface area (Å²) in [4.78, 5) is 15.7. The average molecular weight is 697 g/mol. The van der Waals surface area contributed by atoms with Crippen molar-refractivity contribution in [3.05, 3.63) is 149 Å². The lowest BCUT2D eigenvalue weighted by atomic mass is 9.67. The Morgan fingerprint density at radius 3 is 1.81 bits per heavy atom. The normalized spacial score (nSPS) is 15.9. The fourth-order valence-corrected chi connectivity index (χ4v) is 9.86. The number of benzene rings is 6. The Kier molecular flexibility index (Phi) is 6.53. The van der Waals surface area contributed by atoms with Crippen molar-refractivity contribution in [3.8, 4) is 62.5 Å². The van der Waals surface area contributed by atoms with E-state index in [4.69, 9.17) is 19.4 Å². The van der Waals surface area contributed by atoms with Gasteiger partial charge in [0.1, 0.15) is 11.2 Å². The highest BCUT2D eigenvalue weighted by atomic mass is 16.3. The van der Waals surface area contributed by atoms with Gasteiger partial charge in [0.05, 0.1) is 11.6 Å². The first-order valence-corrected chi connectivity index (χ1v) is 19.0. The number of rotatable bonds is 3. The van der Waals surface area contributed by atoms with Crippen molar-refractivity contribution in [2.45, 2.75) is 56.8 Å². The van der Waals surface area contributed by atoms with Crippen molar-refractivity contribution >= 4 is 21.9 Å². The first kappa shape index (κ1) is 31.2. The Morgan fingerprint density at radius 2 is 1.07 bits per heavy atom. The lowest BCUT2D eigenvalue weighted by Crippen LogP contribution is -2.28. The largest absolute Gasteiger partial charge is 0.456 e. The standard InChI is InChI=1S/C49H36N4O/c1-48(2)40-24-29(28-50)14-18-34(40)35-19-15-30(25-41(35)48)45-51-46(53-47(52-45)32-17-21-38-37-11-5-7-13-43(37)54-44(38)27-32)31-16-20-36-33-10-4-6-12-39(33)49(42(36)26-31)22-8-3-9-23-49/h4-7,10-21,24-27H,3,8-9,22-23H2,1-2H3. The lowest BCUT2D eigenvalue weighted by Gasteiger charge is -2.36. The number of nitrogens with zero attached hydrogens (tertiary/aromatic N) is 4. The Morgan fingerprint density at radius 1 is 0.519 bits per heavy atom. The predicted octanol–water partition coefficient (Wildman–Crippen LogP) is 12.2. The summed E-state index contributed by atoms with van der Waals surface area (Å²) < 4.78 is 6.32. The highest BCUT2D eigenvalue weighted by Gasteiger charge is 2.44. The maximum Gasteiger partial charge on any atom is 0.164 e. The topological polar surface area (TPSA) is 75.6 Å². The first-order valence-electron chi connectivity index (χ1n) is 19.0. The minimum atomic E-state index is -0.290. The van der Waals surface area contributed by atoms with Crippen LogP contribution in [0.25, 0.3) is 78.4 Å². The Hall–Kier alpha value is -6.38. The minimum absolute atomic E-state index is 0.0250. The van der Waals surface area contributed by atoms with E-state index in [0.29, 0.717) is 23.0 Å². The zero-order chi connectivity index (χ0) is 36.2. The summed E-state index contributed by atoms with van der Waals surface area (Å²) in [6.07, 6.45) is 6.08. The first-order chi connectivity index (χ1) is 26.4. The van der Waals surface area contributed by atoms with Gasteiger partial charge in [0.25, 0.3) is 0 Å². The minimum Gasteiger partial charge on any atom is -0.456 e. The molecule has 3 aliphatic carbocycles. The number of furan rings is 1. The molecule has 5 heteroatoms. The predicted molar refractivity (Wildman–Crippen MR) is 215 cm³/mol. The van der Waals surface area contributed by atoms with Gasteiger partial charge < -0.3 is 4.42 Å². The van der Waals surface area contributed by atoms with Crippen LogP contribution < -0.4 is 0 Å². The number of hydrogen-bond acceptors (Lipinski definition) is 5. The van der Waals surface area contributed by atoms with Gasteiger partial charge in [-0.3, -0.25) is 0 Å². The molecule has 0 N–H and O–H groups in total. The Balaban J connectivity index is 1.10. The van der Waals surface area contributed by atoms with Crippen molar-refractivity contribution in [2.24, 2.45) is 0 Å². The summed E-state index contributed by atoms with van der Waals surface area (Å²) in [5.41, 5.74) is 15.2. The van der Waals surface area contributed by atoms with E-state index in [-0.39, 0.29) is 10.8 Å². The third-order valence-electron chi connectivity index (χ3n) is 12.6. The van der Waals surface area contributed by atoms with Crippen LogP contribution in [-0.2, 0) is 10.8 Å². The SMILES string of the molecule is CC1(C)c2cc(C#N)ccc2-c2ccc(-c3nc(-c4ccc5c(c4)C4(CCCCC4)c4ccccc4-5)nc(-c4ccc5c(c4)oc4ccccc45)n3)cc21. The van der Waals surface area contributed by atoms with Crippen LogP contribution in [0.15, 0.2) is 126 Å². The molecule has 258 valence electrons. The van der Waals surface area contributed by atoms with Crippen molar-refractivity contribution in [1.29, 1.82) is 5.26 Å². The Labute approximate surface area is 314 Å². The molecule has 8 aromatic rings. The third-order valence-corrected chi connectivity index (χ3v) is 12.6. The second-order valence-electron chi connectivity index (χ2n) is 15.8. The Bertz CT molecular complexity index is 2920. The number of aromatic nitrogens is 3. The second kappa shape index (κ2) is 11.3. The van der Waals surface area contributed by atoms with E-state index in [0.717, 1.165) is 51.5 Å². The molecule has 54 heavy (non-hydrogen) atoms. The molecule has 6 aromatic carbocycles. The molecule has 0 saturated heterocycles. The van der Waals surface area contributed by atoms with Gasteiger partial charge >= 0.3 is 0 Å². The van der Waals surface area contributed by atoms with Gasteiger partial charge in [0.15, 0.2) is 17.5 Å². The van der Waals surface area contributed by atoms with Crippen molar-refractivity contribution < 1.29 is 4.42 Å². The van der Waals surface area contributed by atoms with Gasteiger partial charge in [-0.25, -0.2) is 15.0 Å². The monoisotopic (exact) mass is 696 g/mol. The molecule has 3 aliphatic rings. The van der Waals surface area contributed by atoms with E-state index in [1.807, 2.05) is 30.3 Å². The van der Waals surface area contributed by atoms with E-state index < -0.39 is 0 Å². The third kappa shape index (κ3) is 4.40. The lowest BCUT2D eigenvalue weighted by molar-refractivity contribution is 0.353. The molecule has 5 nitrogen and oxygen atoms in total. The summed E-state index contributed by atoms with van der Waals surface area (Å²) in [7, 11) is 0. The molecule has 0 radical (unpaired) electrons. The summed E-state index contributed by atoms with van der Waals surface area (Å²) in [6, 6.07) is 45.2. The van der Waals surface area contributed by atoms with Crippen LogP contribution >= 0.6 is 0 Å². The second-order valence-corrected chi connectivity index (χ2v) is 15.8. The zero-order valence-corrected chi connectivity index (χ0v) is 30.3. The number of nitriles is 1. The highest BCUT2D eigenvalue weighted by Crippen LogP contribution is 2.56. The number of fused-ring (bicyclic) bond motifs is 11. The maximum atomic E-state index is 9.68. The molecule has 0 amide bonds. The molecular weight excluding hydrogens is 661 g/mol. The van der Waals surface area contributed by atoms with E-state index >= 15 is 0 Å². The summed E-state index contributed by atoms with van der Waals surface area (Å²) in [6.45, 7) is 4.47. The number of hydrogen-bond donors (Lipinski definition) is 0. The van der Waals surface area contributed by atoms with Crippen LogP contribution in [0.1, 0.15) is 73.8 Å². The molecule has 1 spiro atoms. The molecule has 1 fully saturated rings. The molecule has 0 bridgehead atoms. The smallest absolute Gasteiger partial charge is 0.164 e. The maximum absolute atomic E-state index is 9.68. The summed E-state index contributed by atoms with van der Waals surface area (Å²) in [5.74, 6) is 1.89. The van der Waals surface area contributed by atoms with Crippen molar-refractivity contribution in [2.75, 3.05) is 0 Å². The van der Waals surface area contributed by atoms with Gasteiger partial charge in [0.2, 0.25) is 0 Å².